The van der Waals surface area contributed by atoms with E-state index in [1.54, 1.807) is 31.4 Å². The van der Waals surface area contributed by atoms with Crippen LogP contribution in [0.5, 0.6) is 11.5 Å². The van der Waals surface area contributed by atoms with Gasteiger partial charge in [0.05, 0.1) is 25.1 Å². The lowest BCUT2D eigenvalue weighted by Crippen LogP contribution is -2.41. The van der Waals surface area contributed by atoms with Crippen LogP contribution in [0.25, 0.3) is 0 Å². The number of benzene rings is 2. The summed E-state index contributed by atoms with van der Waals surface area (Å²) in [5, 5.41) is 6.47. The molecule has 2 aromatic rings. The molecule has 0 aliphatic heterocycles. The van der Waals surface area contributed by atoms with E-state index in [9.17, 15) is 8.42 Å². The molecule has 0 saturated heterocycles. The average molecular weight is 577 g/mol. The fraction of sp³-hybridized carbons (Fsp3) is 0.409. The molecule has 2 N–H and O–H groups in total. The number of halogens is 1. The van der Waals surface area contributed by atoms with Crippen LogP contribution in [0, 0.1) is 0 Å². The van der Waals surface area contributed by atoms with Crippen molar-refractivity contribution >= 4 is 40.0 Å². The third-order valence-corrected chi connectivity index (χ3v) is 6.25. The summed E-state index contributed by atoms with van der Waals surface area (Å²) in [5.74, 6) is 2.03. The van der Waals surface area contributed by atoms with E-state index in [0.29, 0.717) is 37.1 Å². The maximum absolute atomic E-state index is 12.2. The molecule has 0 aliphatic carbocycles. The molecule has 0 spiro atoms. The highest BCUT2D eigenvalue weighted by Gasteiger charge is 2.16. The number of methoxy groups -OCH3 is 1. The first kappa shape index (κ1) is 28.0. The van der Waals surface area contributed by atoms with Crippen molar-refractivity contribution in [2.24, 2.45) is 4.99 Å². The largest absolute Gasteiger partial charge is 0.493 e. The van der Waals surface area contributed by atoms with Gasteiger partial charge in [0.15, 0.2) is 17.5 Å². The van der Waals surface area contributed by atoms with E-state index >= 15 is 0 Å². The average Bonchev–Trinajstić information content (AvgIpc) is 2.76. The quantitative estimate of drug-likeness (QED) is 0.257. The van der Waals surface area contributed by atoms with Crippen LogP contribution in [-0.2, 0) is 16.6 Å². The normalized spacial score (nSPS) is 12.6. The van der Waals surface area contributed by atoms with Gasteiger partial charge in [0.2, 0.25) is 10.0 Å². The Morgan fingerprint density at radius 3 is 2.25 bits per heavy atom. The minimum absolute atomic E-state index is 0. The molecule has 0 bridgehead atoms. The Bertz CT molecular complexity index is 966. The van der Waals surface area contributed by atoms with Crippen LogP contribution in [0.4, 0.5) is 0 Å². The van der Waals surface area contributed by atoms with Gasteiger partial charge in [0.1, 0.15) is 6.10 Å². The van der Waals surface area contributed by atoms with Gasteiger partial charge in [0.25, 0.3) is 0 Å². The molecule has 2 aromatic carbocycles. The molecule has 1 unspecified atom stereocenters. The summed E-state index contributed by atoms with van der Waals surface area (Å²) in [7, 11) is 1.21. The van der Waals surface area contributed by atoms with Gasteiger partial charge in [-0.15, -0.1) is 24.0 Å². The number of ether oxygens (including phenoxy) is 2. The van der Waals surface area contributed by atoms with Crippen LogP contribution in [0.3, 0.4) is 0 Å². The highest BCUT2D eigenvalue weighted by Crippen LogP contribution is 2.26. The third kappa shape index (κ3) is 8.14. The minimum atomic E-state index is -3.43. The van der Waals surface area contributed by atoms with Crippen LogP contribution in [-0.4, -0.2) is 59.1 Å². The summed E-state index contributed by atoms with van der Waals surface area (Å²) in [6, 6.07) is 14.3. The van der Waals surface area contributed by atoms with Crippen LogP contribution in [0.2, 0.25) is 0 Å². The van der Waals surface area contributed by atoms with Gasteiger partial charge in [-0.3, -0.25) is 0 Å². The fourth-order valence-corrected chi connectivity index (χ4v) is 3.61. The molecule has 178 valence electrons. The summed E-state index contributed by atoms with van der Waals surface area (Å²) >= 11 is 0. The first-order valence-corrected chi connectivity index (χ1v) is 11.5. The molecule has 0 aliphatic rings. The number of rotatable bonds is 10. The van der Waals surface area contributed by atoms with Crippen LogP contribution in [0.1, 0.15) is 19.4 Å². The second-order valence-electron chi connectivity index (χ2n) is 7.09. The van der Waals surface area contributed by atoms with Gasteiger partial charge in [-0.1, -0.05) is 24.3 Å². The van der Waals surface area contributed by atoms with E-state index in [0.717, 1.165) is 5.56 Å². The van der Waals surface area contributed by atoms with Gasteiger partial charge in [-0.25, -0.2) is 17.7 Å². The number of hydrogen-bond donors (Lipinski definition) is 2. The molecular weight excluding hydrogens is 543 g/mol. The summed E-state index contributed by atoms with van der Waals surface area (Å²) in [4.78, 5) is 4.84. The second-order valence-corrected chi connectivity index (χ2v) is 9.24. The van der Waals surface area contributed by atoms with Crippen LogP contribution >= 0.6 is 24.0 Å². The molecular formula is C22H33IN4O4S. The highest BCUT2D eigenvalue weighted by molar-refractivity contribution is 14.0. The minimum Gasteiger partial charge on any atom is -0.493 e. The second kappa shape index (κ2) is 13.5. The van der Waals surface area contributed by atoms with Crippen LogP contribution < -0.4 is 20.1 Å². The maximum Gasteiger partial charge on any atom is 0.242 e. The summed E-state index contributed by atoms with van der Waals surface area (Å²) in [5.41, 5.74) is 0.910. The van der Waals surface area contributed by atoms with Crippen molar-refractivity contribution in [3.8, 4) is 11.5 Å². The zero-order valence-electron chi connectivity index (χ0n) is 19.2. The summed E-state index contributed by atoms with van der Waals surface area (Å²) < 4.78 is 36.8. The standard InChI is InChI=1S/C22H32N4O4S.HI/c1-6-23-22(24-15-17(2)30-21-10-8-7-9-20(21)29-5)25-16-18-11-13-19(14-12-18)31(27,28)26(3)4;/h7-14,17H,6,15-16H2,1-5H3,(H2,23,24,25);1H. The monoisotopic (exact) mass is 576 g/mol. The first-order valence-electron chi connectivity index (χ1n) is 10.1. The fourth-order valence-electron chi connectivity index (χ4n) is 2.70. The predicted octanol–water partition coefficient (Wildman–Crippen LogP) is 3.09. The Morgan fingerprint density at radius 1 is 1.06 bits per heavy atom. The number of aliphatic imine (C=N–C) groups is 1. The number of nitrogens with zero attached hydrogens (tertiary/aromatic N) is 2. The molecule has 1 atom stereocenters. The van der Waals surface area contributed by atoms with E-state index in [1.807, 2.05) is 38.1 Å². The summed E-state index contributed by atoms with van der Waals surface area (Å²) in [6.07, 6.45) is -0.115. The van der Waals surface area contributed by atoms with Crippen molar-refractivity contribution in [1.82, 2.24) is 14.9 Å². The van der Waals surface area contributed by atoms with Crippen molar-refractivity contribution in [3.63, 3.8) is 0 Å². The van der Waals surface area contributed by atoms with Crippen molar-refractivity contribution in [1.29, 1.82) is 0 Å². The van der Waals surface area contributed by atoms with E-state index in [2.05, 4.69) is 15.6 Å². The smallest absolute Gasteiger partial charge is 0.242 e. The molecule has 0 aromatic heterocycles. The Kier molecular flexibility index (Phi) is 11.8. The third-order valence-electron chi connectivity index (χ3n) is 4.42. The van der Waals surface area contributed by atoms with Gasteiger partial charge in [0, 0.05) is 20.6 Å². The molecule has 10 heteroatoms. The maximum atomic E-state index is 12.2. The first-order chi connectivity index (χ1) is 14.8. The van der Waals surface area contributed by atoms with Crippen molar-refractivity contribution in [2.75, 3.05) is 34.3 Å². The molecule has 0 radical (unpaired) electrons. The topological polar surface area (TPSA) is 92.3 Å². The zero-order valence-corrected chi connectivity index (χ0v) is 22.3. The van der Waals surface area contributed by atoms with E-state index in [4.69, 9.17) is 9.47 Å². The molecule has 0 saturated carbocycles. The van der Waals surface area contributed by atoms with Crippen molar-refractivity contribution in [2.45, 2.75) is 31.4 Å². The van der Waals surface area contributed by atoms with Crippen LogP contribution in [0.15, 0.2) is 58.4 Å². The lowest BCUT2D eigenvalue weighted by atomic mass is 10.2. The Hall–Kier alpha value is -2.05. The number of guanidine groups is 1. The Labute approximate surface area is 208 Å². The lowest BCUT2D eigenvalue weighted by molar-refractivity contribution is 0.213. The van der Waals surface area contributed by atoms with Gasteiger partial charge in [-0.05, 0) is 43.7 Å². The number of sulfonamides is 1. The number of hydrogen-bond acceptors (Lipinski definition) is 5. The molecule has 0 amide bonds. The molecule has 8 nitrogen and oxygen atoms in total. The molecule has 2 rings (SSSR count). The molecule has 32 heavy (non-hydrogen) atoms. The van der Waals surface area contributed by atoms with Gasteiger partial charge >= 0.3 is 0 Å². The van der Waals surface area contributed by atoms with E-state index in [-0.39, 0.29) is 35.0 Å². The zero-order chi connectivity index (χ0) is 22.9. The lowest BCUT2D eigenvalue weighted by Gasteiger charge is -2.19. The van der Waals surface area contributed by atoms with E-state index in [1.165, 1.54) is 18.4 Å². The van der Waals surface area contributed by atoms with Crippen molar-refractivity contribution < 1.29 is 17.9 Å². The van der Waals surface area contributed by atoms with Crippen molar-refractivity contribution in [3.05, 3.63) is 54.1 Å². The summed E-state index contributed by atoms with van der Waals surface area (Å²) in [6.45, 7) is 5.64. The SMILES string of the molecule is CCNC(=NCc1ccc(S(=O)(=O)N(C)C)cc1)NCC(C)Oc1ccccc1OC.I. The van der Waals surface area contributed by atoms with Gasteiger partial charge in [-0.2, -0.15) is 0 Å². The molecule has 0 fully saturated rings. The van der Waals surface area contributed by atoms with Gasteiger partial charge < -0.3 is 20.1 Å². The number of para-hydroxylation sites is 2. The van der Waals surface area contributed by atoms with E-state index < -0.39 is 10.0 Å². The predicted molar refractivity (Wildman–Crippen MR) is 139 cm³/mol. The molecule has 0 heterocycles. The Morgan fingerprint density at radius 2 is 1.69 bits per heavy atom. The number of nitrogens with one attached hydrogen (secondary N) is 2. The highest BCUT2D eigenvalue weighted by atomic mass is 127. The Balaban J connectivity index is 0.00000512.